The lowest BCUT2D eigenvalue weighted by Crippen LogP contribution is -2.48. The van der Waals surface area contributed by atoms with Crippen molar-refractivity contribution in [3.05, 3.63) is 64.5 Å². The first-order valence-electron chi connectivity index (χ1n) is 12.8. The summed E-state index contributed by atoms with van der Waals surface area (Å²) in [6.45, 7) is 11.6. The van der Waals surface area contributed by atoms with Crippen LogP contribution < -0.4 is 10.2 Å². The zero-order valence-corrected chi connectivity index (χ0v) is 23.4. The van der Waals surface area contributed by atoms with Gasteiger partial charge in [-0.25, -0.2) is 26.7 Å². The number of nitrogens with one attached hydrogen (secondary N) is 1. The number of anilines is 1. The third kappa shape index (κ3) is 9.88. The molecule has 13 heteroatoms. The summed E-state index contributed by atoms with van der Waals surface area (Å²) in [5, 5.41) is 20.2. The highest BCUT2D eigenvalue weighted by Gasteiger charge is 2.24. The standard InChI is InChI=1S/C12H13F2N3.C9H18N2O2.C7H2F3N/c1-16-4-6-17(7-5-16)12-9(8-15)10(13)2-3-11(12)14;1-9(2,3)13-8(12)11-6-4-10-5-7-11;8-5-1-2-6(9)7(10)4(5)3-11/h2-3H,4-7H2,1H3;10H,4-7H2,1-3H3;1-2H. The Balaban J connectivity index is 0.000000221. The molecule has 0 spiro atoms. The molecule has 0 radical (unpaired) electrons. The van der Waals surface area contributed by atoms with Crippen LogP contribution in [0.4, 0.5) is 32.4 Å². The van der Waals surface area contributed by atoms with Crippen molar-refractivity contribution in [2.75, 3.05) is 64.3 Å². The van der Waals surface area contributed by atoms with E-state index < -0.39 is 34.6 Å². The first kappa shape index (κ1) is 33.3. The summed E-state index contributed by atoms with van der Waals surface area (Å²) in [5.41, 5.74) is -1.37. The molecule has 4 rings (SSSR count). The number of nitriles is 2. The lowest BCUT2D eigenvalue weighted by molar-refractivity contribution is 0.0229. The molecule has 2 aliphatic rings. The van der Waals surface area contributed by atoms with Crippen molar-refractivity contribution in [1.29, 1.82) is 10.5 Å². The molecule has 8 nitrogen and oxygen atoms in total. The molecule has 41 heavy (non-hydrogen) atoms. The van der Waals surface area contributed by atoms with Crippen molar-refractivity contribution in [3.8, 4) is 12.1 Å². The predicted octanol–water partition coefficient (Wildman–Crippen LogP) is 4.39. The fourth-order valence-electron chi connectivity index (χ4n) is 3.79. The SMILES string of the molecule is CC(C)(C)OC(=O)N1CCNCC1.CN1CCN(c2c(F)ccc(F)c2C#N)CC1.N#Cc1c(F)ccc(F)c1F. The Labute approximate surface area is 236 Å². The number of carbonyl (C=O) groups is 1. The Morgan fingerprint density at radius 2 is 1.29 bits per heavy atom. The van der Waals surface area contributed by atoms with E-state index in [1.165, 1.54) is 6.07 Å². The van der Waals surface area contributed by atoms with Gasteiger partial charge in [-0.1, -0.05) is 0 Å². The van der Waals surface area contributed by atoms with Crippen LogP contribution in [-0.2, 0) is 4.74 Å². The minimum Gasteiger partial charge on any atom is -0.444 e. The van der Waals surface area contributed by atoms with Crippen LogP contribution in [-0.4, -0.2) is 80.9 Å². The van der Waals surface area contributed by atoms with Crippen molar-refractivity contribution < 1.29 is 31.5 Å². The topological polar surface area (TPSA) is 95.6 Å². The average molecular weight is 581 g/mol. The molecule has 2 aromatic rings. The smallest absolute Gasteiger partial charge is 0.410 e. The molecule has 0 unspecified atom stereocenters. The van der Waals surface area contributed by atoms with Gasteiger partial charge in [0.2, 0.25) is 0 Å². The van der Waals surface area contributed by atoms with Gasteiger partial charge in [0.15, 0.2) is 11.6 Å². The quantitative estimate of drug-likeness (QED) is 0.395. The maximum absolute atomic E-state index is 13.7. The zero-order valence-electron chi connectivity index (χ0n) is 23.4. The zero-order chi connectivity index (χ0) is 30.7. The van der Waals surface area contributed by atoms with E-state index in [0.29, 0.717) is 25.2 Å². The van der Waals surface area contributed by atoms with E-state index >= 15 is 0 Å². The van der Waals surface area contributed by atoms with E-state index in [4.69, 9.17) is 15.3 Å². The van der Waals surface area contributed by atoms with Gasteiger partial charge in [0.05, 0.1) is 5.69 Å². The number of hydrogen-bond donors (Lipinski definition) is 1. The molecule has 2 heterocycles. The molecule has 0 aliphatic carbocycles. The Kier molecular flexibility index (Phi) is 12.3. The van der Waals surface area contributed by atoms with Gasteiger partial charge in [-0.2, -0.15) is 10.5 Å². The minimum atomic E-state index is -1.44. The highest BCUT2D eigenvalue weighted by molar-refractivity contribution is 5.68. The van der Waals surface area contributed by atoms with E-state index in [0.717, 1.165) is 51.4 Å². The lowest BCUT2D eigenvalue weighted by Gasteiger charge is -2.34. The molecule has 2 aliphatic heterocycles. The highest BCUT2D eigenvalue weighted by atomic mass is 19.2. The van der Waals surface area contributed by atoms with Crippen LogP contribution in [0.25, 0.3) is 0 Å². The average Bonchev–Trinajstić information content (AvgIpc) is 2.93. The second kappa shape index (κ2) is 15.2. The minimum absolute atomic E-state index is 0.0978. The van der Waals surface area contributed by atoms with E-state index in [-0.39, 0.29) is 22.9 Å². The van der Waals surface area contributed by atoms with Gasteiger partial charge in [-0.15, -0.1) is 0 Å². The van der Waals surface area contributed by atoms with Crippen LogP contribution >= 0.6 is 0 Å². The summed E-state index contributed by atoms with van der Waals surface area (Å²) in [6, 6.07) is 6.36. The molecule has 2 fully saturated rings. The maximum atomic E-state index is 13.7. The fraction of sp³-hybridized carbons (Fsp3) is 0.464. The van der Waals surface area contributed by atoms with Crippen molar-refractivity contribution in [1.82, 2.24) is 15.1 Å². The van der Waals surface area contributed by atoms with E-state index in [2.05, 4.69) is 10.2 Å². The summed E-state index contributed by atoms with van der Waals surface area (Å²) in [7, 11) is 1.98. The third-order valence-corrected chi connectivity index (χ3v) is 5.93. The number of carbonyl (C=O) groups excluding carboxylic acids is 1. The first-order chi connectivity index (χ1) is 19.3. The molecule has 0 saturated carbocycles. The Bertz CT molecular complexity index is 1270. The molecular formula is C28H33F5N6O2. The van der Waals surface area contributed by atoms with E-state index in [1.807, 2.05) is 27.8 Å². The lowest BCUT2D eigenvalue weighted by atomic mass is 10.1. The van der Waals surface area contributed by atoms with Crippen LogP contribution in [0.2, 0.25) is 0 Å². The highest BCUT2D eigenvalue weighted by Crippen LogP contribution is 2.27. The maximum Gasteiger partial charge on any atom is 0.410 e. The van der Waals surface area contributed by atoms with Crippen LogP contribution in [0, 0.1) is 51.7 Å². The summed E-state index contributed by atoms with van der Waals surface area (Å²) < 4.78 is 69.5. The summed E-state index contributed by atoms with van der Waals surface area (Å²) in [5.74, 6) is -4.91. The Morgan fingerprint density at radius 1 is 0.805 bits per heavy atom. The number of amides is 1. The number of ether oxygens (including phenoxy) is 1. The fourth-order valence-corrected chi connectivity index (χ4v) is 3.79. The molecule has 0 atom stereocenters. The molecule has 1 amide bonds. The molecule has 1 N–H and O–H groups in total. The molecule has 2 aromatic carbocycles. The summed E-state index contributed by atoms with van der Waals surface area (Å²) in [4.78, 5) is 17.1. The molecule has 0 bridgehead atoms. The van der Waals surface area contributed by atoms with Crippen LogP contribution in [0.1, 0.15) is 31.9 Å². The van der Waals surface area contributed by atoms with Crippen molar-refractivity contribution >= 4 is 11.8 Å². The van der Waals surface area contributed by atoms with Gasteiger partial charge >= 0.3 is 6.09 Å². The van der Waals surface area contributed by atoms with Crippen molar-refractivity contribution in [2.45, 2.75) is 26.4 Å². The number of likely N-dealkylation sites (N-methyl/N-ethyl adjacent to an activating group) is 1. The number of benzene rings is 2. The van der Waals surface area contributed by atoms with Gasteiger partial charge in [0.1, 0.15) is 46.3 Å². The second-order valence-electron chi connectivity index (χ2n) is 10.2. The molecule has 2 saturated heterocycles. The third-order valence-electron chi connectivity index (χ3n) is 5.93. The number of hydrogen-bond acceptors (Lipinski definition) is 7. The van der Waals surface area contributed by atoms with Crippen molar-refractivity contribution in [3.63, 3.8) is 0 Å². The van der Waals surface area contributed by atoms with Gasteiger partial charge in [0.25, 0.3) is 0 Å². The summed E-state index contributed by atoms with van der Waals surface area (Å²) in [6.07, 6.45) is -0.200. The largest absolute Gasteiger partial charge is 0.444 e. The van der Waals surface area contributed by atoms with Gasteiger partial charge in [-0.3, -0.25) is 0 Å². The summed E-state index contributed by atoms with van der Waals surface area (Å²) >= 11 is 0. The van der Waals surface area contributed by atoms with E-state index in [1.54, 1.807) is 15.9 Å². The number of rotatable bonds is 1. The van der Waals surface area contributed by atoms with Crippen LogP contribution in [0.15, 0.2) is 24.3 Å². The number of halogens is 5. The first-order valence-corrected chi connectivity index (χ1v) is 12.8. The van der Waals surface area contributed by atoms with Gasteiger partial charge < -0.3 is 24.8 Å². The van der Waals surface area contributed by atoms with Gasteiger partial charge in [-0.05, 0) is 52.1 Å². The second-order valence-corrected chi connectivity index (χ2v) is 10.2. The predicted molar refractivity (Wildman–Crippen MR) is 142 cm³/mol. The number of nitrogens with zero attached hydrogens (tertiary/aromatic N) is 5. The molecule has 0 aromatic heterocycles. The van der Waals surface area contributed by atoms with Crippen molar-refractivity contribution in [2.24, 2.45) is 0 Å². The van der Waals surface area contributed by atoms with Crippen LogP contribution in [0.5, 0.6) is 0 Å². The Morgan fingerprint density at radius 3 is 1.78 bits per heavy atom. The monoisotopic (exact) mass is 580 g/mol. The normalized spacial score (nSPS) is 15.4. The number of piperazine rings is 2. The van der Waals surface area contributed by atoms with Gasteiger partial charge in [0, 0.05) is 52.4 Å². The Hall–Kier alpha value is -3.94. The molecule has 222 valence electrons. The van der Waals surface area contributed by atoms with E-state index in [9.17, 15) is 26.7 Å². The molecular weight excluding hydrogens is 547 g/mol. The van der Waals surface area contributed by atoms with Crippen LogP contribution in [0.3, 0.4) is 0 Å².